The van der Waals surface area contributed by atoms with Crippen LogP contribution >= 0.6 is 0 Å². The van der Waals surface area contributed by atoms with Gasteiger partial charge in [-0.3, -0.25) is 9.59 Å². The summed E-state index contributed by atoms with van der Waals surface area (Å²) in [4.78, 5) is 27.7. The SMILES string of the molecule is CC[C@@H](C(=O)NC(C)C)N(Cc1ccc(C)cc1)C(=O)COc1ccc(C(C)(C)C)cc1. The average molecular weight is 439 g/mol. The third-order valence-corrected chi connectivity index (χ3v) is 5.37. The Morgan fingerprint density at radius 3 is 2.09 bits per heavy atom. The number of rotatable bonds is 9. The van der Waals surface area contributed by atoms with Crippen LogP contribution in [0.1, 0.15) is 64.7 Å². The molecule has 0 saturated heterocycles. The third kappa shape index (κ3) is 7.40. The molecular weight excluding hydrogens is 400 g/mol. The van der Waals surface area contributed by atoms with Crippen molar-refractivity contribution >= 4 is 11.8 Å². The van der Waals surface area contributed by atoms with E-state index in [1.54, 1.807) is 4.90 Å². The molecule has 2 amide bonds. The molecule has 0 aliphatic carbocycles. The minimum Gasteiger partial charge on any atom is -0.484 e. The highest BCUT2D eigenvalue weighted by Crippen LogP contribution is 2.24. The molecule has 2 aromatic carbocycles. The number of ether oxygens (including phenoxy) is 1. The van der Waals surface area contributed by atoms with Gasteiger partial charge < -0.3 is 15.0 Å². The van der Waals surface area contributed by atoms with Gasteiger partial charge in [0.1, 0.15) is 11.8 Å². The first-order valence-electron chi connectivity index (χ1n) is 11.4. The molecule has 0 bridgehead atoms. The Hall–Kier alpha value is -2.82. The van der Waals surface area contributed by atoms with Gasteiger partial charge in [-0.1, -0.05) is 69.7 Å². The molecule has 0 aromatic heterocycles. The summed E-state index contributed by atoms with van der Waals surface area (Å²) in [5, 5.41) is 2.94. The Morgan fingerprint density at radius 1 is 1.00 bits per heavy atom. The topological polar surface area (TPSA) is 58.6 Å². The fourth-order valence-corrected chi connectivity index (χ4v) is 3.47. The zero-order valence-electron chi connectivity index (χ0n) is 20.6. The molecule has 5 nitrogen and oxygen atoms in total. The first-order chi connectivity index (χ1) is 15.0. The van der Waals surface area contributed by atoms with Crippen molar-refractivity contribution in [2.75, 3.05) is 6.61 Å². The lowest BCUT2D eigenvalue weighted by atomic mass is 9.87. The number of nitrogens with one attached hydrogen (secondary N) is 1. The smallest absolute Gasteiger partial charge is 0.261 e. The number of aryl methyl sites for hydroxylation is 1. The quantitative estimate of drug-likeness (QED) is 0.599. The van der Waals surface area contributed by atoms with Crippen molar-refractivity contribution in [1.29, 1.82) is 0 Å². The number of hydrogen-bond donors (Lipinski definition) is 1. The molecule has 0 aliphatic rings. The zero-order valence-corrected chi connectivity index (χ0v) is 20.6. The summed E-state index contributed by atoms with van der Waals surface area (Å²) in [7, 11) is 0. The summed E-state index contributed by atoms with van der Waals surface area (Å²) >= 11 is 0. The molecule has 174 valence electrons. The van der Waals surface area contributed by atoms with Crippen molar-refractivity contribution in [3.8, 4) is 5.75 Å². The van der Waals surface area contributed by atoms with Gasteiger partial charge in [0.25, 0.3) is 5.91 Å². The van der Waals surface area contributed by atoms with Crippen LogP contribution in [0, 0.1) is 6.92 Å². The molecule has 0 unspecified atom stereocenters. The average Bonchev–Trinajstić information content (AvgIpc) is 2.72. The van der Waals surface area contributed by atoms with E-state index in [4.69, 9.17) is 4.74 Å². The minimum absolute atomic E-state index is 0.00505. The van der Waals surface area contributed by atoms with Crippen molar-refractivity contribution in [2.24, 2.45) is 0 Å². The van der Waals surface area contributed by atoms with Gasteiger partial charge in [0.05, 0.1) is 0 Å². The predicted octanol–water partition coefficient (Wildman–Crippen LogP) is 5.00. The van der Waals surface area contributed by atoms with Gasteiger partial charge in [0.15, 0.2) is 6.61 Å². The van der Waals surface area contributed by atoms with Crippen molar-refractivity contribution in [3.05, 3.63) is 65.2 Å². The minimum atomic E-state index is -0.557. The standard InChI is InChI=1S/C27H38N2O3/c1-8-24(26(31)28-19(2)3)29(17-21-11-9-20(4)10-12-21)25(30)18-32-23-15-13-22(14-16-23)27(5,6)7/h9-16,19,24H,8,17-18H2,1-7H3,(H,28,31)/t24-/m0/s1. The van der Waals surface area contributed by atoms with E-state index in [2.05, 4.69) is 26.1 Å². The molecule has 2 aromatic rings. The molecule has 1 N–H and O–H groups in total. The molecule has 0 saturated carbocycles. The molecule has 0 aliphatic heterocycles. The maximum Gasteiger partial charge on any atom is 0.261 e. The van der Waals surface area contributed by atoms with Gasteiger partial charge >= 0.3 is 0 Å². The van der Waals surface area contributed by atoms with Crippen LogP contribution in [0.4, 0.5) is 0 Å². The van der Waals surface area contributed by atoms with E-state index in [0.29, 0.717) is 18.7 Å². The maximum atomic E-state index is 13.2. The van der Waals surface area contributed by atoms with Crippen LogP contribution in [0.5, 0.6) is 5.75 Å². The van der Waals surface area contributed by atoms with Gasteiger partial charge in [0.2, 0.25) is 5.91 Å². The van der Waals surface area contributed by atoms with Gasteiger partial charge in [-0.05, 0) is 55.9 Å². The van der Waals surface area contributed by atoms with E-state index in [1.807, 2.05) is 76.2 Å². The highest BCUT2D eigenvalue weighted by molar-refractivity contribution is 5.88. The first-order valence-corrected chi connectivity index (χ1v) is 11.4. The molecule has 32 heavy (non-hydrogen) atoms. The van der Waals surface area contributed by atoms with Crippen LogP contribution in [-0.4, -0.2) is 35.4 Å². The lowest BCUT2D eigenvalue weighted by Gasteiger charge is -2.31. The van der Waals surface area contributed by atoms with Crippen molar-refractivity contribution in [3.63, 3.8) is 0 Å². The van der Waals surface area contributed by atoms with Crippen molar-refractivity contribution in [1.82, 2.24) is 10.2 Å². The molecule has 0 spiro atoms. The van der Waals surface area contributed by atoms with E-state index in [-0.39, 0.29) is 29.9 Å². The fourth-order valence-electron chi connectivity index (χ4n) is 3.47. The number of carbonyl (C=O) groups is 2. The van der Waals surface area contributed by atoms with Gasteiger partial charge in [0, 0.05) is 12.6 Å². The Balaban J connectivity index is 2.18. The molecule has 1 atom stereocenters. The van der Waals surface area contributed by atoms with E-state index in [0.717, 1.165) is 11.1 Å². The second-order valence-electron chi connectivity index (χ2n) is 9.66. The number of carbonyl (C=O) groups excluding carboxylic acids is 2. The van der Waals surface area contributed by atoms with Gasteiger partial charge in [-0.25, -0.2) is 0 Å². The van der Waals surface area contributed by atoms with Crippen LogP contribution in [0.2, 0.25) is 0 Å². The van der Waals surface area contributed by atoms with E-state index >= 15 is 0 Å². The normalized spacial score (nSPS) is 12.4. The first kappa shape index (κ1) is 25.4. The summed E-state index contributed by atoms with van der Waals surface area (Å²) in [6, 6.07) is 15.3. The summed E-state index contributed by atoms with van der Waals surface area (Å²) in [5.41, 5.74) is 3.39. The van der Waals surface area contributed by atoms with Crippen molar-refractivity contribution < 1.29 is 14.3 Å². The summed E-state index contributed by atoms with van der Waals surface area (Å²) < 4.78 is 5.81. The highest BCUT2D eigenvalue weighted by atomic mass is 16.5. The monoisotopic (exact) mass is 438 g/mol. The molecule has 5 heteroatoms. The van der Waals surface area contributed by atoms with E-state index in [9.17, 15) is 9.59 Å². The van der Waals surface area contributed by atoms with Crippen LogP contribution in [0.3, 0.4) is 0 Å². The van der Waals surface area contributed by atoms with Gasteiger partial charge in [-0.15, -0.1) is 0 Å². The highest BCUT2D eigenvalue weighted by Gasteiger charge is 2.29. The van der Waals surface area contributed by atoms with Crippen LogP contribution < -0.4 is 10.1 Å². The van der Waals surface area contributed by atoms with Crippen LogP contribution in [0.15, 0.2) is 48.5 Å². The Morgan fingerprint density at radius 2 is 1.59 bits per heavy atom. The summed E-state index contributed by atoms with van der Waals surface area (Å²) in [5.74, 6) is 0.287. The second kappa shape index (κ2) is 11.2. The van der Waals surface area contributed by atoms with Crippen molar-refractivity contribution in [2.45, 2.75) is 78.9 Å². The van der Waals surface area contributed by atoms with Crippen LogP contribution in [-0.2, 0) is 21.5 Å². The maximum absolute atomic E-state index is 13.2. The largest absolute Gasteiger partial charge is 0.484 e. The molecule has 0 heterocycles. The lowest BCUT2D eigenvalue weighted by molar-refractivity contribution is -0.143. The molecular formula is C27H38N2O3. The van der Waals surface area contributed by atoms with E-state index in [1.165, 1.54) is 5.56 Å². The van der Waals surface area contributed by atoms with Crippen LogP contribution in [0.25, 0.3) is 0 Å². The second-order valence-corrected chi connectivity index (χ2v) is 9.66. The Bertz CT molecular complexity index is 881. The number of benzene rings is 2. The third-order valence-electron chi connectivity index (χ3n) is 5.37. The molecule has 0 fully saturated rings. The van der Waals surface area contributed by atoms with E-state index < -0.39 is 6.04 Å². The predicted molar refractivity (Wildman–Crippen MR) is 130 cm³/mol. The zero-order chi connectivity index (χ0) is 23.9. The molecule has 0 radical (unpaired) electrons. The van der Waals surface area contributed by atoms with Gasteiger partial charge in [-0.2, -0.15) is 0 Å². The number of amides is 2. The number of nitrogens with zero attached hydrogens (tertiary/aromatic N) is 1. The fraction of sp³-hybridized carbons (Fsp3) is 0.481. The summed E-state index contributed by atoms with van der Waals surface area (Å²) in [6.45, 7) is 14.5. The summed E-state index contributed by atoms with van der Waals surface area (Å²) in [6.07, 6.45) is 0.524. The Kier molecular flexibility index (Phi) is 8.88. The molecule has 2 rings (SSSR count). The Labute approximate surface area is 193 Å². The number of hydrogen-bond acceptors (Lipinski definition) is 3. The lowest BCUT2D eigenvalue weighted by Crippen LogP contribution is -2.51.